The third kappa shape index (κ3) is 3.39. The van der Waals surface area contributed by atoms with Crippen molar-refractivity contribution in [3.63, 3.8) is 0 Å². The van der Waals surface area contributed by atoms with Gasteiger partial charge in [-0.1, -0.05) is 119 Å². The Morgan fingerprint density at radius 3 is 1.76 bits per heavy atom. The van der Waals surface area contributed by atoms with Crippen LogP contribution in [0.1, 0.15) is 57.2 Å². The van der Waals surface area contributed by atoms with Crippen molar-refractivity contribution in [1.29, 1.82) is 0 Å². The van der Waals surface area contributed by atoms with E-state index in [-0.39, 0.29) is 45.6 Å². The summed E-state index contributed by atoms with van der Waals surface area (Å²) in [6.45, 7) is 11.1. The summed E-state index contributed by atoms with van der Waals surface area (Å²) in [6.07, 6.45) is 2.10. The van der Waals surface area contributed by atoms with Gasteiger partial charge in [-0.15, -0.1) is 0 Å². The molecule has 2 aliphatic carbocycles. The Bertz CT molecular complexity index is 1380. The van der Waals surface area contributed by atoms with Crippen LogP contribution in [-0.4, -0.2) is 28.1 Å². The quantitative estimate of drug-likeness (QED) is 0.249. The zero-order valence-corrected chi connectivity index (χ0v) is 28.9. The molecule has 2 aliphatic heterocycles. The molecule has 3 aromatic rings. The molecule has 7 rings (SSSR count). The van der Waals surface area contributed by atoms with Crippen LogP contribution >= 0.6 is 37.2 Å². The molecule has 4 aliphatic rings. The van der Waals surface area contributed by atoms with Gasteiger partial charge < -0.3 is 24.0 Å². The second-order valence-corrected chi connectivity index (χ2v) is 12.3. The van der Waals surface area contributed by atoms with Gasteiger partial charge in [0.1, 0.15) is 5.41 Å². The van der Waals surface area contributed by atoms with Gasteiger partial charge in [0.05, 0.1) is 17.9 Å². The maximum Gasteiger partial charge on any atom is 0.168 e. The van der Waals surface area contributed by atoms with E-state index in [2.05, 4.69) is 160 Å². The van der Waals surface area contributed by atoms with Gasteiger partial charge >= 0.3 is 0 Å². The molecule has 2 heterocycles. The highest BCUT2D eigenvalue weighted by Gasteiger charge is 2.85. The zero-order chi connectivity index (χ0) is 26.1. The van der Waals surface area contributed by atoms with E-state index in [0.29, 0.717) is 12.1 Å². The van der Waals surface area contributed by atoms with Crippen LogP contribution in [0.25, 0.3) is 0 Å². The van der Waals surface area contributed by atoms with Gasteiger partial charge in [-0.3, -0.25) is 4.99 Å². The summed E-state index contributed by atoms with van der Waals surface area (Å²) in [5, 5.41) is 0. The van der Waals surface area contributed by atoms with Crippen LogP contribution in [0, 0.1) is 10.8 Å². The smallest absolute Gasteiger partial charge is 0.168 e. The van der Waals surface area contributed by atoms with E-state index in [4.69, 9.17) is 4.99 Å². The number of benzene rings is 3. The lowest BCUT2D eigenvalue weighted by atomic mass is 9.33. The average Bonchev–Trinajstić information content (AvgIpc) is 3.14. The standard InChI is InChI=1S/C33H35N2.I2.HI/c1-30(2)26-20-29-33(25-18-12-7-13-19-25)31(3,4)28(35(29)22-23-14-8-5-9-15-23)21-27(34-26)32(30,33)24-16-10-6-11-17-24;1-2;/h5-19,26,28H,20-22H2,1-4H3;;1H/q+1;;/p-1/t26-,28-,32+,33-;;/m1../s1. The Morgan fingerprint density at radius 1 is 0.711 bits per heavy atom. The van der Waals surface area contributed by atoms with Crippen LogP contribution < -0.4 is 24.0 Å². The number of hydrogen-bond donors (Lipinski definition) is 0. The number of hydrogen-bond acceptors (Lipinski definition) is 1. The van der Waals surface area contributed by atoms with E-state index in [9.17, 15) is 0 Å². The Hall–Kier alpha value is -0.810. The van der Waals surface area contributed by atoms with Crippen LogP contribution in [0.4, 0.5) is 0 Å². The molecular formula is C33H35I3N2. The van der Waals surface area contributed by atoms with Crippen LogP contribution in [0.5, 0.6) is 0 Å². The molecule has 0 saturated heterocycles. The molecular weight excluding hydrogens is 805 g/mol. The highest BCUT2D eigenvalue weighted by atomic mass is 128. The van der Waals surface area contributed by atoms with Gasteiger partial charge in [0, 0.05) is 65.8 Å². The van der Waals surface area contributed by atoms with Crippen molar-refractivity contribution < 1.29 is 28.6 Å². The molecule has 0 spiro atoms. The first-order valence-corrected chi connectivity index (χ1v) is 19.6. The van der Waals surface area contributed by atoms with Crippen LogP contribution in [0.15, 0.2) is 96.0 Å². The Labute approximate surface area is 268 Å². The molecule has 0 radical (unpaired) electrons. The molecule has 0 amide bonds. The summed E-state index contributed by atoms with van der Waals surface area (Å²) in [6, 6.07) is 34.7. The normalized spacial score (nSPS) is 30.7. The van der Waals surface area contributed by atoms with Crippen molar-refractivity contribution in [1.82, 2.24) is 0 Å². The lowest BCUT2D eigenvalue weighted by Gasteiger charge is -2.63. The largest absolute Gasteiger partial charge is 1.00 e. The predicted octanol–water partition coefficient (Wildman–Crippen LogP) is 5.36. The molecule has 4 bridgehead atoms. The molecule has 2 nitrogen and oxygen atoms in total. The van der Waals surface area contributed by atoms with Gasteiger partial charge in [0.15, 0.2) is 18.3 Å². The molecule has 5 heteroatoms. The predicted molar refractivity (Wildman–Crippen MR) is 172 cm³/mol. The first kappa shape index (κ1) is 28.7. The molecule has 0 unspecified atom stereocenters. The van der Waals surface area contributed by atoms with Gasteiger partial charge in [-0.2, -0.15) is 0 Å². The molecule has 4 atom stereocenters. The van der Waals surface area contributed by atoms with Gasteiger partial charge in [0.2, 0.25) is 0 Å². The summed E-state index contributed by atoms with van der Waals surface area (Å²) >= 11 is 4.24. The molecule has 2 saturated carbocycles. The van der Waals surface area contributed by atoms with Gasteiger partial charge in [-0.25, -0.2) is 4.58 Å². The van der Waals surface area contributed by atoms with Crippen molar-refractivity contribution in [2.45, 2.75) is 70.0 Å². The average molecular weight is 840 g/mol. The van der Waals surface area contributed by atoms with Crippen LogP contribution in [-0.2, 0) is 17.4 Å². The van der Waals surface area contributed by atoms with E-state index in [1.54, 1.807) is 5.71 Å². The topological polar surface area (TPSA) is 15.4 Å². The third-order valence-electron chi connectivity index (χ3n) is 10.4. The monoisotopic (exact) mass is 840 g/mol. The Morgan fingerprint density at radius 2 is 1.21 bits per heavy atom. The van der Waals surface area contributed by atoms with E-state index >= 15 is 0 Å². The third-order valence-corrected chi connectivity index (χ3v) is 10.4. The first-order chi connectivity index (χ1) is 17.9. The summed E-state index contributed by atoms with van der Waals surface area (Å²) in [5.74, 6) is 0. The van der Waals surface area contributed by atoms with Crippen molar-refractivity contribution in [2.24, 2.45) is 15.8 Å². The van der Waals surface area contributed by atoms with E-state index < -0.39 is 0 Å². The zero-order valence-electron chi connectivity index (χ0n) is 22.5. The fraction of sp³-hybridized carbons (Fsp3) is 0.394. The van der Waals surface area contributed by atoms with E-state index in [1.807, 2.05) is 0 Å². The fourth-order valence-electron chi connectivity index (χ4n) is 9.26. The maximum atomic E-state index is 5.60. The Balaban J connectivity index is 0.000000959. The maximum absolute atomic E-state index is 5.60. The van der Waals surface area contributed by atoms with E-state index in [0.717, 1.165) is 19.4 Å². The van der Waals surface area contributed by atoms with Gasteiger partial charge in [0.25, 0.3) is 0 Å². The highest BCUT2D eigenvalue weighted by molar-refractivity contribution is 15.0. The van der Waals surface area contributed by atoms with Crippen LogP contribution in [0.3, 0.4) is 0 Å². The van der Waals surface area contributed by atoms with E-state index in [1.165, 1.54) is 22.4 Å². The van der Waals surface area contributed by atoms with Gasteiger partial charge in [-0.05, 0) is 11.1 Å². The fourth-order valence-corrected chi connectivity index (χ4v) is 9.26. The Kier molecular flexibility index (Phi) is 7.73. The molecule has 0 N–H and O–H groups in total. The summed E-state index contributed by atoms with van der Waals surface area (Å²) in [7, 11) is 0. The lowest BCUT2D eigenvalue weighted by molar-refractivity contribution is -0.584. The lowest BCUT2D eigenvalue weighted by Crippen LogP contribution is -3.00. The molecule has 0 aromatic heterocycles. The first-order valence-electron chi connectivity index (χ1n) is 13.4. The van der Waals surface area contributed by atoms with Crippen molar-refractivity contribution >= 4 is 48.7 Å². The van der Waals surface area contributed by atoms with Crippen molar-refractivity contribution in [3.8, 4) is 0 Å². The number of nitrogens with zero attached hydrogens (tertiary/aromatic N) is 2. The van der Waals surface area contributed by atoms with Crippen molar-refractivity contribution in [2.75, 3.05) is 0 Å². The summed E-state index contributed by atoms with van der Waals surface area (Å²) in [4.78, 5) is 5.60. The number of halogens is 3. The SMILES string of the molecule is CC1(C)[C@H]2CC3=N[C@@H]4CC(=[N+]2Cc2ccccc2)[C@@]1(c1ccccc1)[C@]3(c1ccccc1)C4(C)C.II.[I-]. The highest BCUT2D eigenvalue weighted by Crippen LogP contribution is 2.75. The summed E-state index contributed by atoms with van der Waals surface area (Å²) in [5.41, 5.74) is 7.13. The number of rotatable bonds is 4. The number of aliphatic imine (C=N–C) groups is 1. The van der Waals surface area contributed by atoms with Crippen LogP contribution in [0.2, 0.25) is 0 Å². The minimum absolute atomic E-state index is 0. The molecule has 2 fully saturated rings. The number of fused-ring (bicyclic) bond motifs is 2. The second kappa shape index (κ2) is 10.2. The second-order valence-electron chi connectivity index (χ2n) is 12.3. The molecule has 38 heavy (non-hydrogen) atoms. The minimum Gasteiger partial charge on any atom is -1.00 e. The minimum atomic E-state index is -0.160. The van der Waals surface area contributed by atoms with Crippen molar-refractivity contribution in [3.05, 3.63) is 108 Å². The summed E-state index contributed by atoms with van der Waals surface area (Å²) < 4.78 is 2.82. The molecule has 198 valence electrons. The molecule has 3 aromatic carbocycles.